The molecule has 0 bridgehead atoms. The molecule has 134 valence electrons. The predicted octanol–water partition coefficient (Wildman–Crippen LogP) is 3.73. The maximum Gasteiger partial charge on any atom is 0.261 e. The third-order valence-electron chi connectivity index (χ3n) is 3.65. The van der Waals surface area contributed by atoms with Crippen molar-refractivity contribution in [2.45, 2.75) is 25.7 Å². The lowest BCUT2D eigenvalue weighted by molar-refractivity contribution is -0.124. The lowest BCUT2D eigenvalue weighted by Gasteiger charge is -2.19. The van der Waals surface area contributed by atoms with E-state index in [0.717, 1.165) is 5.56 Å². The van der Waals surface area contributed by atoms with Gasteiger partial charge in [0.15, 0.2) is 0 Å². The molecule has 0 aromatic heterocycles. The molecule has 2 N–H and O–H groups in total. The van der Waals surface area contributed by atoms with Crippen LogP contribution in [0.5, 0.6) is 0 Å². The van der Waals surface area contributed by atoms with Crippen LogP contribution in [0.1, 0.15) is 19.4 Å². The highest BCUT2D eigenvalue weighted by Crippen LogP contribution is 2.23. The van der Waals surface area contributed by atoms with E-state index in [0.29, 0.717) is 11.4 Å². The number of hydrogen-bond acceptors (Lipinski definition) is 3. The van der Waals surface area contributed by atoms with Crippen LogP contribution in [-0.2, 0) is 14.8 Å². The van der Waals surface area contributed by atoms with Crippen molar-refractivity contribution in [3.8, 4) is 0 Å². The van der Waals surface area contributed by atoms with Gasteiger partial charge in [-0.15, -0.1) is 0 Å². The van der Waals surface area contributed by atoms with E-state index in [1.165, 1.54) is 32.0 Å². The second kappa shape index (κ2) is 7.23. The van der Waals surface area contributed by atoms with Crippen molar-refractivity contribution < 1.29 is 17.6 Å². The Morgan fingerprint density at radius 3 is 2.28 bits per heavy atom. The Morgan fingerprint density at radius 1 is 1.08 bits per heavy atom. The molecule has 1 amide bonds. The van der Waals surface area contributed by atoms with Crippen LogP contribution in [0.15, 0.2) is 53.4 Å². The number of halogens is 1. The summed E-state index contributed by atoms with van der Waals surface area (Å²) in [5.74, 6) is -0.478. The first-order valence-electron chi connectivity index (χ1n) is 7.71. The van der Waals surface area contributed by atoms with E-state index in [1.807, 2.05) is 6.92 Å². The Bertz CT molecular complexity index is 862. The van der Waals surface area contributed by atoms with Gasteiger partial charge < -0.3 is 5.32 Å². The number of carbonyl (C=O) groups is 1. The van der Waals surface area contributed by atoms with Crippen molar-refractivity contribution in [3.05, 3.63) is 54.1 Å². The summed E-state index contributed by atoms with van der Waals surface area (Å²) in [6.45, 7) is 4.06. The fourth-order valence-corrected chi connectivity index (χ4v) is 3.00. The molecule has 2 aromatic carbocycles. The summed E-state index contributed by atoms with van der Waals surface area (Å²) in [7, 11) is -3.73. The van der Waals surface area contributed by atoms with Gasteiger partial charge in [-0.05, 0) is 51.1 Å². The number of benzene rings is 2. The van der Waals surface area contributed by atoms with Crippen LogP contribution in [0.25, 0.3) is 0 Å². The molecule has 0 radical (unpaired) electrons. The highest BCUT2D eigenvalue weighted by molar-refractivity contribution is 7.92. The van der Waals surface area contributed by atoms with Gasteiger partial charge >= 0.3 is 0 Å². The van der Waals surface area contributed by atoms with Crippen LogP contribution in [0.2, 0.25) is 0 Å². The molecular weight excluding hydrogens is 343 g/mol. The van der Waals surface area contributed by atoms with Crippen molar-refractivity contribution in [2.24, 2.45) is 5.41 Å². The molecule has 0 heterocycles. The minimum Gasteiger partial charge on any atom is -0.325 e. The quantitative estimate of drug-likeness (QED) is 0.820. The first-order chi connectivity index (χ1) is 11.6. The maximum absolute atomic E-state index is 12.9. The number of amides is 1. The molecule has 2 aromatic rings. The van der Waals surface area contributed by atoms with Gasteiger partial charge in [-0.3, -0.25) is 9.52 Å². The summed E-state index contributed by atoms with van der Waals surface area (Å²) in [6.07, 6.45) is 0. The fourth-order valence-electron chi connectivity index (χ4n) is 1.95. The Balaban J connectivity index is 2.19. The molecule has 0 spiro atoms. The van der Waals surface area contributed by atoms with Crippen LogP contribution < -0.4 is 10.0 Å². The van der Waals surface area contributed by atoms with Gasteiger partial charge in [-0.1, -0.05) is 23.8 Å². The summed E-state index contributed by atoms with van der Waals surface area (Å²) in [5.41, 5.74) is 0.489. The summed E-state index contributed by atoms with van der Waals surface area (Å²) >= 11 is 0. The molecule has 0 aliphatic rings. The van der Waals surface area contributed by atoms with Gasteiger partial charge in [0.25, 0.3) is 10.0 Å². The Labute approximate surface area is 147 Å². The van der Waals surface area contributed by atoms with E-state index >= 15 is 0 Å². The average Bonchev–Trinajstić information content (AvgIpc) is 2.55. The molecule has 0 unspecified atom stereocenters. The van der Waals surface area contributed by atoms with Crippen LogP contribution in [0.3, 0.4) is 0 Å². The van der Waals surface area contributed by atoms with E-state index < -0.39 is 28.0 Å². The molecular formula is C18H21FN2O3S. The number of anilines is 2. The fraction of sp³-hybridized carbons (Fsp3) is 0.278. The number of nitrogens with one attached hydrogen (secondary N) is 2. The molecule has 0 saturated heterocycles. The third kappa shape index (κ3) is 4.79. The molecule has 0 fully saturated rings. The minimum atomic E-state index is -3.73. The Hall–Kier alpha value is -2.41. The number of sulfonamides is 1. The van der Waals surface area contributed by atoms with Crippen molar-refractivity contribution in [3.63, 3.8) is 0 Å². The highest BCUT2D eigenvalue weighted by Gasteiger charge is 2.27. The topological polar surface area (TPSA) is 75.3 Å². The van der Waals surface area contributed by atoms with Crippen molar-refractivity contribution in [1.82, 2.24) is 0 Å². The van der Waals surface area contributed by atoms with E-state index in [9.17, 15) is 17.6 Å². The first kappa shape index (κ1) is 18.9. The number of hydrogen-bond donors (Lipinski definition) is 2. The predicted molar refractivity (Wildman–Crippen MR) is 96.8 cm³/mol. The van der Waals surface area contributed by atoms with Crippen LogP contribution in [-0.4, -0.2) is 21.0 Å². The molecule has 0 aliphatic heterocycles. The molecule has 7 heteroatoms. The molecule has 0 saturated carbocycles. The normalized spacial score (nSPS) is 11.8. The van der Waals surface area contributed by atoms with Crippen LogP contribution in [0, 0.1) is 12.3 Å². The minimum absolute atomic E-state index is 0.145. The van der Waals surface area contributed by atoms with Crippen molar-refractivity contribution in [1.29, 1.82) is 0 Å². The molecule has 5 nitrogen and oxygen atoms in total. The summed E-state index contributed by atoms with van der Waals surface area (Å²) in [5, 5.41) is 2.59. The van der Waals surface area contributed by atoms with E-state index in [2.05, 4.69) is 10.0 Å². The smallest absolute Gasteiger partial charge is 0.261 e. The lowest BCUT2D eigenvalue weighted by atomic mass is 9.94. The summed E-state index contributed by atoms with van der Waals surface area (Å²) in [4.78, 5) is 12.2. The number of alkyl halides is 1. The Morgan fingerprint density at radius 2 is 1.68 bits per heavy atom. The summed E-state index contributed by atoms with van der Waals surface area (Å²) < 4.78 is 40.2. The van der Waals surface area contributed by atoms with Crippen molar-refractivity contribution >= 4 is 27.3 Å². The zero-order valence-electron chi connectivity index (χ0n) is 14.3. The van der Waals surface area contributed by atoms with Gasteiger partial charge in [-0.25, -0.2) is 12.8 Å². The average molecular weight is 364 g/mol. The standard InChI is InChI=1S/C18H21FN2O3S/c1-13-7-9-16(10-8-13)25(23,24)21-15-6-4-5-14(11-15)20-17(22)18(2,3)12-19/h4-11,21H,12H2,1-3H3,(H,20,22). The number of rotatable bonds is 6. The zero-order valence-corrected chi connectivity index (χ0v) is 15.2. The number of carbonyl (C=O) groups excluding carboxylic acids is 1. The van der Waals surface area contributed by atoms with E-state index in [1.54, 1.807) is 30.3 Å². The highest BCUT2D eigenvalue weighted by atomic mass is 32.2. The second-order valence-corrected chi connectivity index (χ2v) is 8.15. The molecule has 2 rings (SSSR count). The zero-order chi connectivity index (χ0) is 18.7. The first-order valence-corrected chi connectivity index (χ1v) is 9.19. The van der Waals surface area contributed by atoms with Crippen LogP contribution in [0.4, 0.5) is 15.8 Å². The van der Waals surface area contributed by atoms with Gasteiger partial charge in [-0.2, -0.15) is 0 Å². The van der Waals surface area contributed by atoms with Gasteiger partial charge in [0.05, 0.1) is 16.0 Å². The van der Waals surface area contributed by atoms with Gasteiger partial charge in [0, 0.05) is 5.69 Å². The monoisotopic (exact) mass is 364 g/mol. The number of aryl methyl sites for hydroxylation is 1. The van der Waals surface area contributed by atoms with E-state index in [4.69, 9.17) is 0 Å². The Kier molecular flexibility index (Phi) is 5.47. The largest absolute Gasteiger partial charge is 0.325 e. The SMILES string of the molecule is Cc1ccc(S(=O)(=O)Nc2cccc(NC(=O)C(C)(C)CF)c2)cc1. The third-order valence-corrected chi connectivity index (χ3v) is 5.05. The van der Waals surface area contributed by atoms with Gasteiger partial charge in [0.1, 0.15) is 6.67 Å². The molecule has 0 atom stereocenters. The summed E-state index contributed by atoms with van der Waals surface area (Å²) in [6, 6.07) is 12.7. The maximum atomic E-state index is 12.9. The second-order valence-electron chi connectivity index (χ2n) is 6.47. The van der Waals surface area contributed by atoms with Crippen molar-refractivity contribution in [2.75, 3.05) is 16.7 Å². The molecule has 25 heavy (non-hydrogen) atoms. The lowest BCUT2D eigenvalue weighted by Crippen LogP contribution is -2.32. The van der Waals surface area contributed by atoms with Gasteiger partial charge in [0.2, 0.25) is 5.91 Å². The van der Waals surface area contributed by atoms with E-state index in [-0.39, 0.29) is 4.90 Å². The molecule has 0 aliphatic carbocycles. The van der Waals surface area contributed by atoms with Crippen LogP contribution >= 0.6 is 0 Å².